The molecule has 0 bridgehead atoms. The van der Waals surface area contributed by atoms with Crippen molar-refractivity contribution in [2.45, 2.75) is 43.3 Å². The summed E-state index contributed by atoms with van der Waals surface area (Å²) in [6, 6.07) is 1.41. The zero-order chi connectivity index (χ0) is 15.8. The first kappa shape index (κ1) is 15.8. The second-order valence-corrected chi connectivity index (χ2v) is 5.45. The number of ether oxygens (including phenoxy) is 1. The van der Waals surface area contributed by atoms with Gasteiger partial charge in [-0.15, -0.1) is 5.92 Å². The number of alkyl halides is 1. The molecule has 0 radical (unpaired) electrons. The second-order valence-electron chi connectivity index (χ2n) is 4.82. The third-order valence-electron chi connectivity index (χ3n) is 3.28. The number of hydrogen-bond donors (Lipinski definition) is 3. The Morgan fingerprint density at radius 2 is 2.33 bits per heavy atom. The van der Waals surface area contributed by atoms with E-state index in [2.05, 4.69) is 16.8 Å². The zero-order valence-electron chi connectivity index (χ0n) is 11.5. The van der Waals surface area contributed by atoms with Crippen LogP contribution in [-0.4, -0.2) is 43.0 Å². The molecule has 0 spiro atoms. The summed E-state index contributed by atoms with van der Waals surface area (Å²) in [7, 11) is 0. The summed E-state index contributed by atoms with van der Waals surface area (Å²) < 4.78 is 6.65. The second kappa shape index (κ2) is 5.66. The van der Waals surface area contributed by atoms with Gasteiger partial charge in [0, 0.05) is 6.20 Å². The number of halogens is 1. The number of aliphatic hydroxyl groups excluding tert-OH is 2. The van der Waals surface area contributed by atoms with Crippen LogP contribution in [0.4, 0.5) is 5.82 Å². The molecule has 1 aliphatic heterocycles. The normalized spacial score (nSPS) is 33.3. The molecule has 114 valence electrons. The molecule has 21 heavy (non-hydrogen) atoms. The molecular formula is C13H16ClN3O4. The molecule has 2 unspecified atom stereocenters. The first-order chi connectivity index (χ1) is 9.81. The van der Waals surface area contributed by atoms with Crippen LogP contribution in [0.25, 0.3) is 0 Å². The summed E-state index contributed by atoms with van der Waals surface area (Å²) in [5.74, 6) is 5.32. The summed E-state index contributed by atoms with van der Waals surface area (Å²) >= 11 is 6.39. The lowest BCUT2D eigenvalue weighted by Crippen LogP contribution is -2.44. The molecule has 1 aromatic rings. The number of nitrogens with two attached hydrogens (primary N) is 1. The fourth-order valence-electron chi connectivity index (χ4n) is 2.28. The number of nitrogen functional groups attached to an aromatic ring is 1. The van der Waals surface area contributed by atoms with Crippen LogP contribution in [0.15, 0.2) is 17.1 Å². The van der Waals surface area contributed by atoms with Gasteiger partial charge in [-0.2, -0.15) is 4.98 Å². The van der Waals surface area contributed by atoms with E-state index in [-0.39, 0.29) is 5.82 Å². The van der Waals surface area contributed by atoms with Gasteiger partial charge in [0.1, 0.15) is 18.0 Å². The number of aliphatic hydroxyl groups is 2. The Morgan fingerprint density at radius 1 is 1.67 bits per heavy atom. The lowest BCUT2D eigenvalue weighted by Gasteiger charge is -2.25. The molecule has 1 saturated heterocycles. The molecule has 0 aromatic carbocycles. The molecule has 1 aromatic heterocycles. The van der Waals surface area contributed by atoms with Crippen LogP contribution < -0.4 is 11.4 Å². The van der Waals surface area contributed by atoms with Gasteiger partial charge in [-0.3, -0.25) is 4.57 Å². The molecule has 5 atom stereocenters. The molecule has 2 rings (SSSR count). The first-order valence-electron chi connectivity index (χ1n) is 6.30. The van der Waals surface area contributed by atoms with Gasteiger partial charge in [0.25, 0.3) is 0 Å². The maximum Gasteiger partial charge on any atom is 0.351 e. The fourth-order valence-corrected chi connectivity index (χ4v) is 2.66. The topological polar surface area (TPSA) is 111 Å². The van der Waals surface area contributed by atoms with E-state index in [0.29, 0.717) is 0 Å². The van der Waals surface area contributed by atoms with Crippen LogP contribution in [0.3, 0.4) is 0 Å². The minimum absolute atomic E-state index is 0.0589. The van der Waals surface area contributed by atoms with Gasteiger partial charge >= 0.3 is 5.69 Å². The van der Waals surface area contributed by atoms with Gasteiger partial charge in [-0.25, -0.2) is 4.79 Å². The maximum atomic E-state index is 11.9. The van der Waals surface area contributed by atoms with Crippen molar-refractivity contribution in [2.75, 3.05) is 5.73 Å². The van der Waals surface area contributed by atoms with Crippen molar-refractivity contribution in [3.05, 3.63) is 22.7 Å². The summed E-state index contributed by atoms with van der Waals surface area (Å²) in [4.78, 5) is 14.0. The smallest absolute Gasteiger partial charge is 0.351 e. The predicted molar refractivity (Wildman–Crippen MR) is 76.5 cm³/mol. The number of anilines is 1. The van der Waals surface area contributed by atoms with Crippen molar-refractivity contribution in [3.8, 4) is 11.8 Å². The van der Waals surface area contributed by atoms with Crippen molar-refractivity contribution in [3.63, 3.8) is 0 Å². The standard InChI is InChI=1S/C13H16ClN3O4/c1-3-5-13(14)10(19)9(7(2)18)21-11(13)17-6-4-8(15)16-12(17)20/h4,6-7,9-11,18-19H,1-2H3,(H2,15,16,20)/t7-,9-,10?,11-,13?/m1/s1. The Kier molecular flexibility index (Phi) is 4.25. The molecule has 0 saturated carbocycles. The lowest BCUT2D eigenvalue weighted by atomic mass is 9.96. The SMILES string of the molecule is CC#CC1(Cl)C(O)[C@@H]([C@@H](C)O)O[C@H]1n1ccc(N)nc1=O. The van der Waals surface area contributed by atoms with E-state index >= 15 is 0 Å². The van der Waals surface area contributed by atoms with Crippen molar-refractivity contribution in [1.82, 2.24) is 9.55 Å². The minimum Gasteiger partial charge on any atom is -0.391 e. The average molecular weight is 314 g/mol. The number of hydrogen-bond acceptors (Lipinski definition) is 6. The van der Waals surface area contributed by atoms with Crippen molar-refractivity contribution in [1.29, 1.82) is 0 Å². The molecule has 1 fully saturated rings. The molecule has 1 aliphatic rings. The Morgan fingerprint density at radius 3 is 2.86 bits per heavy atom. The first-order valence-corrected chi connectivity index (χ1v) is 6.68. The van der Waals surface area contributed by atoms with Gasteiger partial charge in [0.15, 0.2) is 11.1 Å². The number of aromatic nitrogens is 2. The Labute approximate surface area is 126 Å². The minimum atomic E-state index is -1.57. The van der Waals surface area contributed by atoms with Gasteiger partial charge in [0.2, 0.25) is 0 Å². The molecular weight excluding hydrogens is 298 g/mol. The van der Waals surface area contributed by atoms with Crippen LogP contribution in [-0.2, 0) is 4.74 Å². The molecule has 7 nitrogen and oxygen atoms in total. The van der Waals surface area contributed by atoms with E-state index in [0.717, 1.165) is 4.57 Å². The highest BCUT2D eigenvalue weighted by atomic mass is 35.5. The van der Waals surface area contributed by atoms with E-state index in [4.69, 9.17) is 22.1 Å². The third-order valence-corrected chi connectivity index (χ3v) is 3.79. The van der Waals surface area contributed by atoms with Crippen molar-refractivity contribution < 1.29 is 14.9 Å². The third kappa shape index (κ3) is 2.63. The Bertz CT molecular complexity index is 651. The van der Waals surface area contributed by atoms with Crippen LogP contribution in [0.5, 0.6) is 0 Å². The van der Waals surface area contributed by atoms with Gasteiger partial charge in [-0.1, -0.05) is 17.5 Å². The number of nitrogens with zero attached hydrogens (tertiary/aromatic N) is 2. The van der Waals surface area contributed by atoms with Crippen LogP contribution in [0, 0.1) is 11.8 Å². The van der Waals surface area contributed by atoms with Crippen molar-refractivity contribution in [2.24, 2.45) is 0 Å². The summed E-state index contributed by atoms with van der Waals surface area (Å²) in [5.41, 5.74) is 4.76. The Balaban J connectivity index is 2.54. The quantitative estimate of drug-likeness (QED) is 0.500. The molecule has 2 heterocycles. The van der Waals surface area contributed by atoms with Crippen LogP contribution >= 0.6 is 11.6 Å². The molecule has 0 aliphatic carbocycles. The van der Waals surface area contributed by atoms with Gasteiger partial charge in [-0.05, 0) is 19.9 Å². The van der Waals surface area contributed by atoms with Gasteiger partial charge in [0.05, 0.1) is 6.10 Å². The molecule has 4 N–H and O–H groups in total. The average Bonchev–Trinajstić information content (AvgIpc) is 2.64. The molecule has 0 amide bonds. The van der Waals surface area contributed by atoms with Crippen molar-refractivity contribution >= 4 is 17.4 Å². The highest BCUT2D eigenvalue weighted by molar-refractivity contribution is 6.27. The largest absolute Gasteiger partial charge is 0.391 e. The highest BCUT2D eigenvalue weighted by Gasteiger charge is 2.57. The van der Waals surface area contributed by atoms with Crippen LogP contribution in [0.2, 0.25) is 0 Å². The van der Waals surface area contributed by atoms with E-state index in [1.165, 1.54) is 19.2 Å². The van der Waals surface area contributed by atoms with E-state index in [1.54, 1.807) is 6.92 Å². The molecule has 8 heteroatoms. The fraction of sp³-hybridized carbons (Fsp3) is 0.538. The van der Waals surface area contributed by atoms with Crippen LogP contribution in [0.1, 0.15) is 20.1 Å². The van der Waals surface area contributed by atoms with Gasteiger partial charge < -0.3 is 20.7 Å². The van der Waals surface area contributed by atoms with E-state index < -0.39 is 35.1 Å². The summed E-state index contributed by atoms with van der Waals surface area (Å²) in [6.07, 6.45) is -2.97. The van der Waals surface area contributed by atoms with E-state index in [1.807, 2.05) is 0 Å². The zero-order valence-corrected chi connectivity index (χ0v) is 12.3. The Hall–Kier alpha value is -1.59. The monoisotopic (exact) mass is 313 g/mol. The van der Waals surface area contributed by atoms with E-state index in [9.17, 15) is 15.0 Å². The highest BCUT2D eigenvalue weighted by Crippen LogP contribution is 2.43. The summed E-state index contributed by atoms with van der Waals surface area (Å²) in [5, 5.41) is 20.0. The summed E-state index contributed by atoms with van der Waals surface area (Å²) in [6.45, 7) is 3.00. The predicted octanol–water partition coefficient (Wildman–Crippen LogP) is -0.535. The lowest BCUT2D eigenvalue weighted by molar-refractivity contribution is -0.0773. The number of rotatable bonds is 2. The maximum absolute atomic E-state index is 11.9.